The van der Waals surface area contributed by atoms with Gasteiger partial charge in [-0.05, 0) is 49.7 Å². The average Bonchev–Trinajstić information content (AvgIpc) is 3.10. The lowest BCUT2D eigenvalue weighted by molar-refractivity contribution is -0.113. The molecule has 3 rings (SSSR count). The summed E-state index contributed by atoms with van der Waals surface area (Å²) in [6.07, 6.45) is 4.78. The van der Waals surface area contributed by atoms with E-state index in [-0.39, 0.29) is 13.1 Å². The molecule has 0 bridgehead atoms. The molecular formula is C19H25N5O3S2. The number of aromatic nitrogens is 4. The third-order valence-electron chi connectivity index (χ3n) is 4.22. The van der Waals surface area contributed by atoms with E-state index in [9.17, 15) is 13.9 Å². The van der Waals surface area contributed by atoms with E-state index in [0.29, 0.717) is 22.3 Å². The second-order valence-electron chi connectivity index (χ2n) is 6.43. The van der Waals surface area contributed by atoms with Crippen molar-refractivity contribution >= 4 is 33.9 Å². The number of pyridine rings is 1. The number of nitrogens with one attached hydrogen (secondary N) is 1. The maximum Gasteiger partial charge on any atom is 0.234 e. The van der Waals surface area contributed by atoms with E-state index in [4.69, 9.17) is 0 Å². The maximum absolute atomic E-state index is 12.4. The van der Waals surface area contributed by atoms with Gasteiger partial charge in [-0.25, -0.2) is 0 Å². The maximum atomic E-state index is 12.4. The summed E-state index contributed by atoms with van der Waals surface area (Å²) in [5.41, 5.74) is 2.32. The molecule has 3 N–H and O–H groups in total. The molecule has 0 aliphatic heterocycles. The first kappa shape index (κ1) is 21.3. The molecule has 3 aromatic rings. The third kappa shape index (κ3) is 5.15. The number of amides is 1. The van der Waals surface area contributed by atoms with Gasteiger partial charge in [0.2, 0.25) is 5.91 Å². The van der Waals surface area contributed by atoms with Crippen molar-refractivity contribution in [2.24, 2.45) is 0 Å². The highest BCUT2D eigenvalue weighted by atomic mass is 32.3. The van der Waals surface area contributed by atoms with Gasteiger partial charge in [0, 0.05) is 37.9 Å². The van der Waals surface area contributed by atoms with Crippen LogP contribution in [0.15, 0.2) is 52.8 Å². The van der Waals surface area contributed by atoms with Gasteiger partial charge < -0.3 is 9.88 Å². The number of carbonyl (C=O) groups is 1. The van der Waals surface area contributed by atoms with Crippen molar-refractivity contribution in [3.05, 3.63) is 48.3 Å². The Hall–Kier alpha value is -2.40. The quantitative estimate of drug-likeness (QED) is 0.472. The summed E-state index contributed by atoms with van der Waals surface area (Å²) in [4.78, 5) is 16.9. The van der Waals surface area contributed by atoms with E-state index in [1.165, 1.54) is 18.0 Å². The Morgan fingerprint density at radius 3 is 2.59 bits per heavy atom. The van der Waals surface area contributed by atoms with E-state index in [1.807, 2.05) is 30.5 Å². The number of aryl methyl sites for hydroxylation is 1. The predicted molar refractivity (Wildman–Crippen MR) is 119 cm³/mol. The van der Waals surface area contributed by atoms with Gasteiger partial charge in [-0.1, -0.05) is 11.8 Å². The van der Waals surface area contributed by atoms with Crippen LogP contribution in [0.5, 0.6) is 0 Å². The second kappa shape index (κ2) is 8.95. The SMILES string of the molecule is CCn1c(SCC(=O)Nc2ccc(S(C)(O)O)cc2C)nnc1-c1ccncc1.[HH]. The molecule has 0 radical (unpaired) electrons. The van der Waals surface area contributed by atoms with Crippen LogP contribution >= 0.6 is 22.4 Å². The van der Waals surface area contributed by atoms with E-state index in [2.05, 4.69) is 20.5 Å². The minimum absolute atomic E-state index is 0. The van der Waals surface area contributed by atoms with Crippen molar-refractivity contribution in [1.29, 1.82) is 0 Å². The molecule has 0 aliphatic carbocycles. The van der Waals surface area contributed by atoms with E-state index < -0.39 is 10.6 Å². The minimum Gasteiger partial charge on any atom is -0.325 e. The Kier molecular flexibility index (Phi) is 6.58. The van der Waals surface area contributed by atoms with E-state index >= 15 is 0 Å². The number of anilines is 1. The third-order valence-corrected chi connectivity index (χ3v) is 6.34. The number of thioether (sulfide) groups is 1. The first-order valence-corrected chi connectivity index (χ1v) is 11.8. The Morgan fingerprint density at radius 1 is 1.24 bits per heavy atom. The zero-order valence-electron chi connectivity index (χ0n) is 16.4. The average molecular weight is 436 g/mol. The highest BCUT2D eigenvalue weighted by molar-refractivity contribution is 8.23. The summed E-state index contributed by atoms with van der Waals surface area (Å²) < 4.78 is 21.5. The molecule has 0 saturated heterocycles. The standard InChI is InChI=1S/C19H23N5O3S2.H2/c1-4-24-18(14-7-9-20-10-8-14)22-23-19(24)28-12-17(25)21-16-6-5-15(11-13(16)2)29(3,26)27;/h5-11,26-27H,4,12H2,1-3H3,(H,21,25);1H. The highest BCUT2D eigenvalue weighted by Crippen LogP contribution is 2.44. The van der Waals surface area contributed by atoms with Gasteiger partial charge >= 0.3 is 0 Å². The topological polar surface area (TPSA) is 113 Å². The number of carbonyl (C=O) groups excluding carboxylic acids is 1. The molecule has 156 valence electrons. The van der Waals surface area contributed by atoms with Crippen molar-refractivity contribution in [3.63, 3.8) is 0 Å². The van der Waals surface area contributed by atoms with Gasteiger partial charge in [-0.2, -0.15) is 10.6 Å². The minimum atomic E-state index is -2.78. The fourth-order valence-electron chi connectivity index (χ4n) is 2.73. The first-order chi connectivity index (χ1) is 13.8. The molecule has 8 nitrogen and oxygen atoms in total. The highest BCUT2D eigenvalue weighted by Gasteiger charge is 2.16. The molecule has 0 aliphatic rings. The van der Waals surface area contributed by atoms with Gasteiger partial charge in [0.1, 0.15) is 0 Å². The van der Waals surface area contributed by atoms with Crippen LogP contribution in [0.1, 0.15) is 13.9 Å². The summed E-state index contributed by atoms with van der Waals surface area (Å²) in [5, 5.41) is 12.0. The molecule has 29 heavy (non-hydrogen) atoms. The number of hydrogen-bond donors (Lipinski definition) is 3. The van der Waals surface area contributed by atoms with Crippen LogP contribution in [-0.2, 0) is 11.3 Å². The lowest BCUT2D eigenvalue weighted by atomic mass is 10.2. The van der Waals surface area contributed by atoms with Crippen LogP contribution in [0, 0.1) is 6.92 Å². The lowest BCUT2D eigenvalue weighted by Crippen LogP contribution is -2.15. The fraction of sp³-hybridized carbons (Fsp3) is 0.263. The molecule has 0 saturated carbocycles. The monoisotopic (exact) mass is 435 g/mol. The van der Waals surface area contributed by atoms with Crippen LogP contribution in [0.2, 0.25) is 0 Å². The van der Waals surface area contributed by atoms with Crippen molar-refractivity contribution < 1.29 is 15.3 Å². The molecule has 10 heteroatoms. The van der Waals surface area contributed by atoms with E-state index in [1.54, 1.807) is 30.6 Å². The lowest BCUT2D eigenvalue weighted by Gasteiger charge is -2.27. The first-order valence-electron chi connectivity index (χ1n) is 8.89. The molecule has 2 heterocycles. The van der Waals surface area contributed by atoms with Gasteiger partial charge in [0.25, 0.3) is 0 Å². The van der Waals surface area contributed by atoms with E-state index in [0.717, 1.165) is 17.0 Å². The van der Waals surface area contributed by atoms with Crippen LogP contribution in [0.4, 0.5) is 5.69 Å². The fourth-order valence-corrected chi connectivity index (χ4v) is 4.26. The zero-order valence-corrected chi connectivity index (χ0v) is 18.0. The number of benzene rings is 1. The van der Waals surface area contributed by atoms with Gasteiger partial charge in [0.15, 0.2) is 11.0 Å². The van der Waals surface area contributed by atoms with Gasteiger partial charge in [0.05, 0.1) is 10.6 Å². The predicted octanol–water partition coefficient (Wildman–Crippen LogP) is 4.38. The molecule has 0 fully saturated rings. The van der Waals surface area contributed by atoms with Crippen molar-refractivity contribution in [2.75, 3.05) is 17.3 Å². The van der Waals surface area contributed by atoms with Gasteiger partial charge in [-0.15, -0.1) is 10.2 Å². The summed E-state index contributed by atoms with van der Waals surface area (Å²) in [6, 6.07) is 8.71. The van der Waals surface area contributed by atoms with Crippen LogP contribution < -0.4 is 5.32 Å². The summed E-state index contributed by atoms with van der Waals surface area (Å²) in [5.74, 6) is 0.742. The molecule has 0 unspecified atom stereocenters. The zero-order chi connectivity index (χ0) is 21.0. The normalized spacial score (nSPS) is 12.0. The Bertz CT molecular complexity index is 1010. The van der Waals surface area contributed by atoms with Crippen LogP contribution in [0.25, 0.3) is 11.4 Å². The number of rotatable bonds is 7. The summed E-state index contributed by atoms with van der Waals surface area (Å²) in [7, 11) is -2.78. The van der Waals surface area contributed by atoms with Crippen molar-refractivity contribution in [2.45, 2.75) is 30.4 Å². The molecule has 0 atom stereocenters. The molecule has 1 amide bonds. The summed E-state index contributed by atoms with van der Waals surface area (Å²) in [6.45, 7) is 4.49. The largest absolute Gasteiger partial charge is 0.325 e. The second-order valence-corrected chi connectivity index (χ2v) is 9.51. The van der Waals surface area contributed by atoms with Crippen molar-refractivity contribution in [3.8, 4) is 11.4 Å². The van der Waals surface area contributed by atoms with Gasteiger partial charge in [-0.3, -0.25) is 18.9 Å². The molecule has 1 aromatic carbocycles. The van der Waals surface area contributed by atoms with Crippen LogP contribution in [0.3, 0.4) is 0 Å². The number of hydrogen-bond acceptors (Lipinski definition) is 7. The number of nitrogens with zero attached hydrogens (tertiary/aromatic N) is 4. The Morgan fingerprint density at radius 2 is 1.97 bits per heavy atom. The Labute approximate surface area is 176 Å². The molecular weight excluding hydrogens is 410 g/mol. The van der Waals surface area contributed by atoms with Crippen LogP contribution in [-0.4, -0.2) is 46.8 Å². The smallest absolute Gasteiger partial charge is 0.234 e. The summed E-state index contributed by atoms with van der Waals surface area (Å²) >= 11 is 1.31. The molecule has 2 aromatic heterocycles. The molecule has 0 spiro atoms. The Balaban J connectivity index is 0.00000320. The van der Waals surface area contributed by atoms with Crippen molar-refractivity contribution in [1.82, 2.24) is 19.7 Å².